The summed E-state index contributed by atoms with van der Waals surface area (Å²) in [7, 11) is 0. The van der Waals surface area contributed by atoms with Crippen LogP contribution in [0.15, 0.2) is 42.5 Å². The molecular weight excluding hydrogens is 288 g/mol. The Balaban J connectivity index is 1.66. The number of aliphatic hydroxyl groups is 1. The third-order valence-corrected chi connectivity index (χ3v) is 4.52. The molecule has 122 valence electrons. The molecule has 1 aliphatic rings. The first-order valence-corrected chi connectivity index (χ1v) is 8.31. The van der Waals surface area contributed by atoms with Gasteiger partial charge in [-0.15, -0.1) is 0 Å². The van der Waals surface area contributed by atoms with Gasteiger partial charge in [-0.1, -0.05) is 42.5 Å². The normalized spacial score (nSPS) is 20.3. The lowest BCUT2D eigenvalue weighted by Crippen LogP contribution is -2.44. The van der Waals surface area contributed by atoms with Crippen LogP contribution < -0.4 is 5.32 Å². The molecule has 0 aliphatic carbocycles. The minimum atomic E-state index is -0.299. The van der Waals surface area contributed by atoms with Crippen LogP contribution in [0, 0.1) is 0 Å². The summed E-state index contributed by atoms with van der Waals surface area (Å²) in [5, 5.41) is 15.1. The van der Waals surface area contributed by atoms with E-state index in [1.54, 1.807) is 0 Å². The number of nitrogens with one attached hydrogen (secondary N) is 1. The summed E-state index contributed by atoms with van der Waals surface area (Å²) in [6.45, 7) is 3.85. The van der Waals surface area contributed by atoms with E-state index in [2.05, 4.69) is 29.6 Å². The van der Waals surface area contributed by atoms with E-state index in [4.69, 9.17) is 0 Å². The first-order valence-electron chi connectivity index (χ1n) is 8.31. The van der Waals surface area contributed by atoms with Crippen LogP contribution in [0.3, 0.4) is 0 Å². The number of piperidine rings is 1. The molecule has 0 spiro atoms. The smallest absolute Gasteiger partial charge is 0.234 e. The average Bonchev–Trinajstić information content (AvgIpc) is 2.54. The number of β-amino-alcohol motifs (C(OH)–C–C–N with tert-alkyl or cyclic N) is 1. The number of rotatable bonds is 4. The fraction of sp³-hybridized carbons (Fsp3) is 0.421. The number of hydrogen-bond donors (Lipinski definition) is 2. The van der Waals surface area contributed by atoms with E-state index in [1.165, 1.54) is 10.8 Å². The van der Waals surface area contributed by atoms with Crippen molar-refractivity contribution in [1.29, 1.82) is 0 Å². The molecule has 2 aromatic rings. The molecule has 1 amide bonds. The van der Waals surface area contributed by atoms with E-state index >= 15 is 0 Å². The van der Waals surface area contributed by atoms with Gasteiger partial charge in [-0.25, -0.2) is 0 Å². The minimum Gasteiger partial charge on any atom is -0.392 e. The molecule has 3 rings (SSSR count). The van der Waals surface area contributed by atoms with Crippen LogP contribution in [0.25, 0.3) is 10.8 Å². The number of aliphatic hydroxyl groups excluding tert-OH is 1. The van der Waals surface area contributed by atoms with E-state index in [1.807, 2.05) is 30.0 Å². The Morgan fingerprint density at radius 1 is 1.30 bits per heavy atom. The van der Waals surface area contributed by atoms with Gasteiger partial charge in [-0.3, -0.25) is 9.69 Å². The van der Waals surface area contributed by atoms with E-state index in [9.17, 15) is 9.90 Å². The van der Waals surface area contributed by atoms with Crippen molar-refractivity contribution < 1.29 is 9.90 Å². The molecule has 0 radical (unpaired) electrons. The molecule has 1 aliphatic heterocycles. The molecule has 4 nitrogen and oxygen atoms in total. The van der Waals surface area contributed by atoms with Crippen molar-refractivity contribution in [2.24, 2.45) is 0 Å². The summed E-state index contributed by atoms with van der Waals surface area (Å²) in [4.78, 5) is 14.3. The molecule has 2 N–H and O–H groups in total. The highest BCUT2D eigenvalue weighted by Gasteiger charge is 2.20. The average molecular weight is 312 g/mol. The second-order valence-corrected chi connectivity index (χ2v) is 6.39. The number of benzene rings is 2. The maximum Gasteiger partial charge on any atom is 0.234 e. The Morgan fingerprint density at radius 2 is 2.09 bits per heavy atom. The van der Waals surface area contributed by atoms with E-state index in [0.717, 1.165) is 24.9 Å². The van der Waals surface area contributed by atoms with Gasteiger partial charge >= 0.3 is 0 Å². The molecule has 1 fully saturated rings. The fourth-order valence-corrected chi connectivity index (χ4v) is 3.37. The Bertz CT molecular complexity index is 681. The Morgan fingerprint density at radius 3 is 2.91 bits per heavy atom. The second kappa shape index (κ2) is 7.11. The zero-order valence-corrected chi connectivity index (χ0v) is 13.5. The summed E-state index contributed by atoms with van der Waals surface area (Å²) < 4.78 is 0. The quantitative estimate of drug-likeness (QED) is 0.912. The van der Waals surface area contributed by atoms with Crippen LogP contribution in [0.2, 0.25) is 0 Å². The molecule has 0 saturated carbocycles. The summed E-state index contributed by atoms with van der Waals surface area (Å²) in [6.07, 6.45) is 1.49. The van der Waals surface area contributed by atoms with Crippen LogP contribution >= 0.6 is 0 Å². The van der Waals surface area contributed by atoms with Crippen molar-refractivity contribution in [3.63, 3.8) is 0 Å². The van der Waals surface area contributed by atoms with Gasteiger partial charge in [0, 0.05) is 6.54 Å². The number of carbonyl (C=O) groups is 1. The largest absolute Gasteiger partial charge is 0.392 e. The fourth-order valence-electron chi connectivity index (χ4n) is 3.37. The van der Waals surface area contributed by atoms with Crippen molar-refractivity contribution in [3.8, 4) is 0 Å². The number of fused-ring (bicyclic) bond motifs is 1. The molecule has 2 aromatic carbocycles. The van der Waals surface area contributed by atoms with Crippen LogP contribution in [0.1, 0.15) is 31.4 Å². The van der Waals surface area contributed by atoms with Gasteiger partial charge in [-0.2, -0.15) is 0 Å². The maximum absolute atomic E-state index is 12.3. The molecule has 4 heteroatoms. The third-order valence-electron chi connectivity index (χ3n) is 4.52. The highest BCUT2D eigenvalue weighted by molar-refractivity contribution is 5.87. The Labute approximate surface area is 137 Å². The van der Waals surface area contributed by atoms with Crippen molar-refractivity contribution in [2.75, 3.05) is 19.6 Å². The lowest BCUT2D eigenvalue weighted by molar-refractivity contribution is -0.123. The van der Waals surface area contributed by atoms with Gasteiger partial charge in [0.25, 0.3) is 0 Å². The van der Waals surface area contributed by atoms with Gasteiger partial charge < -0.3 is 10.4 Å². The van der Waals surface area contributed by atoms with Crippen molar-refractivity contribution >= 4 is 16.7 Å². The Kier molecular flexibility index (Phi) is 4.94. The molecule has 2 atom stereocenters. The van der Waals surface area contributed by atoms with Crippen molar-refractivity contribution in [3.05, 3.63) is 48.0 Å². The standard InChI is InChI=1S/C19H24N2O2/c1-14(17-10-4-7-15-6-2-3-9-18(15)17)20-19(23)13-21-11-5-8-16(22)12-21/h2-4,6-7,9-10,14,16,22H,5,8,11-13H2,1H3,(H,20,23)/t14-,16+/m0/s1. The molecule has 23 heavy (non-hydrogen) atoms. The number of likely N-dealkylation sites (tertiary alicyclic amines) is 1. The second-order valence-electron chi connectivity index (χ2n) is 6.39. The van der Waals surface area contributed by atoms with Gasteiger partial charge in [0.2, 0.25) is 5.91 Å². The zero-order chi connectivity index (χ0) is 16.2. The van der Waals surface area contributed by atoms with Gasteiger partial charge in [0.05, 0.1) is 18.7 Å². The van der Waals surface area contributed by atoms with Crippen LogP contribution in [0.4, 0.5) is 0 Å². The minimum absolute atomic E-state index is 0.0135. The summed E-state index contributed by atoms with van der Waals surface area (Å²) in [5.74, 6) is 0.0135. The highest BCUT2D eigenvalue weighted by Crippen LogP contribution is 2.24. The third kappa shape index (κ3) is 3.89. The lowest BCUT2D eigenvalue weighted by Gasteiger charge is -2.29. The maximum atomic E-state index is 12.3. The first kappa shape index (κ1) is 16.0. The number of amides is 1. The number of nitrogens with zero attached hydrogens (tertiary/aromatic N) is 1. The SMILES string of the molecule is C[C@H](NC(=O)CN1CCC[C@@H](O)C1)c1cccc2ccccc12. The molecule has 0 unspecified atom stereocenters. The van der Waals surface area contributed by atoms with Gasteiger partial charge in [0.1, 0.15) is 0 Å². The van der Waals surface area contributed by atoms with E-state index < -0.39 is 0 Å². The van der Waals surface area contributed by atoms with Crippen molar-refractivity contribution in [1.82, 2.24) is 10.2 Å². The van der Waals surface area contributed by atoms with Crippen LogP contribution in [-0.4, -0.2) is 41.7 Å². The van der Waals surface area contributed by atoms with Crippen LogP contribution in [0.5, 0.6) is 0 Å². The van der Waals surface area contributed by atoms with Crippen molar-refractivity contribution in [2.45, 2.75) is 31.9 Å². The predicted molar refractivity (Wildman–Crippen MR) is 92.2 cm³/mol. The summed E-state index contributed by atoms with van der Waals surface area (Å²) >= 11 is 0. The molecule has 0 bridgehead atoms. The number of hydrogen-bond acceptors (Lipinski definition) is 3. The molecular formula is C19H24N2O2. The van der Waals surface area contributed by atoms with E-state index in [0.29, 0.717) is 13.1 Å². The molecule has 1 saturated heterocycles. The van der Waals surface area contributed by atoms with E-state index in [-0.39, 0.29) is 18.1 Å². The first-order chi connectivity index (χ1) is 11.1. The highest BCUT2D eigenvalue weighted by atomic mass is 16.3. The summed E-state index contributed by atoms with van der Waals surface area (Å²) in [6, 6.07) is 14.4. The topological polar surface area (TPSA) is 52.6 Å². The predicted octanol–water partition coefficient (Wildman–Crippen LogP) is 2.47. The van der Waals surface area contributed by atoms with Gasteiger partial charge in [-0.05, 0) is 42.6 Å². The summed E-state index contributed by atoms with van der Waals surface area (Å²) in [5.41, 5.74) is 1.13. The monoisotopic (exact) mass is 312 g/mol. The lowest BCUT2D eigenvalue weighted by atomic mass is 9.99. The molecule has 1 heterocycles. The zero-order valence-electron chi connectivity index (χ0n) is 13.5. The number of carbonyl (C=O) groups excluding carboxylic acids is 1. The molecule has 0 aromatic heterocycles. The van der Waals surface area contributed by atoms with Gasteiger partial charge in [0.15, 0.2) is 0 Å². The van der Waals surface area contributed by atoms with Crippen LogP contribution in [-0.2, 0) is 4.79 Å². The Hall–Kier alpha value is -1.91.